The Bertz CT molecular complexity index is 64.1. The number of rotatable bonds is 2. The molecule has 0 aromatic carbocycles. The second-order valence-electron chi connectivity index (χ2n) is 1.10. The first-order valence-corrected chi connectivity index (χ1v) is 1.75. The van der Waals surface area contributed by atoms with Gasteiger partial charge < -0.3 is 0 Å². The van der Waals surface area contributed by atoms with Gasteiger partial charge >= 0.3 is 13.0 Å². The van der Waals surface area contributed by atoms with Gasteiger partial charge in [-0.15, -0.1) is 0 Å². The van der Waals surface area contributed by atoms with Crippen molar-refractivity contribution in [2.75, 3.05) is 0 Å². The molecule has 0 spiro atoms. The first-order chi connectivity index (χ1) is 3.45. The minimum Gasteiger partial charge on any atom is -0.267 e. The Morgan fingerprint density at radius 1 is 0.857 bits per heavy atom. The van der Waals surface area contributed by atoms with Crippen LogP contribution in [0.25, 0.3) is 0 Å². The van der Waals surface area contributed by atoms with E-state index in [4.69, 9.17) is 0 Å². The quantitative estimate of drug-likeness (QED) is 0.350. The number of hydrogen-bond donors (Lipinski definition) is 0. The maximum Gasteiger partial charge on any atom is 0.333 e. The van der Waals surface area contributed by atoms with Crippen LogP contribution in [0.4, 0.5) is 0 Å². The Hall–Kier alpha value is -0.200. The molecule has 2 aliphatic rings. The van der Waals surface area contributed by atoms with Crippen molar-refractivity contribution in [2.45, 2.75) is 13.0 Å². The monoisotopic (exact) mass is 106 g/mol. The molecule has 0 bridgehead atoms. The highest BCUT2D eigenvalue weighted by atomic mass is 17.5. The highest BCUT2D eigenvalue weighted by Gasteiger charge is 2.38. The SMILES string of the molecule is O1OC1OC1OO1. The lowest BCUT2D eigenvalue weighted by Crippen LogP contribution is -1.96. The molecule has 0 radical (unpaired) electrons. The Morgan fingerprint density at radius 2 is 1.29 bits per heavy atom. The maximum atomic E-state index is 4.58. The summed E-state index contributed by atoms with van der Waals surface area (Å²) in [4.78, 5) is 16.7. The predicted molar refractivity (Wildman–Crippen MR) is 13.0 cm³/mol. The van der Waals surface area contributed by atoms with Gasteiger partial charge in [0.05, 0.1) is 0 Å². The minimum atomic E-state index is -0.563. The largest absolute Gasteiger partial charge is 0.333 e. The standard InChI is InChI=1S/C2H2O5/c3(1-4-5-1)2-6-7-2/h1-2H. The van der Waals surface area contributed by atoms with Crippen LogP contribution < -0.4 is 0 Å². The molecule has 0 atom stereocenters. The third-order valence-corrected chi connectivity index (χ3v) is 0.572. The Labute approximate surface area is 38.5 Å². The molecule has 0 N–H and O–H groups in total. The molecule has 0 aromatic heterocycles. The van der Waals surface area contributed by atoms with E-state index < -0.39 is 13.0 Å². The van der Waals surface area contributed by atoms with Crippen molar-refractivity contribution in [1.82, 2.24) is 0 Å². The molecular weight excluding hydrogens is 104 g/mol. The van der Waals surface area contributed by atoms with Crippen LogP contribution in [0, 0.1) is 0 Å². The van der Waals surface area contributed by atoms with Crippen LogP contribution in [-0.4, -0.2) is 13.0 Å². The van der Waals surface area contributed by atoms with E-state index in [0.29, 0.717) is 0 Å². The molecule has 2 fully saturated rings. The molecule has 0 amide bonds. The summed E-state index contributed by atoms with van der Waals surface area (Å²) in [6, 6.07) is 0. The summed E-state index contributed by atoms with van der Waals surface area (Å²) in [5, 5.41) is 0. The van der Waals surface area contributed by atoms with Gasteiger partial charge in [0.15, 0.2) is 0 Å². The van der Waals surface area contributed by atoms with E-state index in [-0.39, 0.29) is 0 Å². The van der Waals surface area contributed by atoms with E-state index in [0.717, 1.165) is 0 Å². The molecule has 0 saturated carbocycles. The van der Waals surface area contributed by atoms with Gasteiger partial charge in [-0.1, -0.05) is 0 Å². The predicted octanol–water partition coefficient (Wildman–Crippen LogP) is -0.506. The van der Waals surface area contributed by atoms with Crippen molar-refractivity contribution in [2.24, 2.45) is 0 Å². The van der Waals surface area contributed by atoms with E-state index in [2.05, 4.69) is 24.3 Å². The molecule has 2 saturated heterocycles. The van der Waals surface area contributed by atoms with Crippen molar-refractivity contribution >= 4 is 0 Å². The molecule has 2 heterocycles. The van der Waals surface area contributed by atoms with Crippen LogP contribution >= 0.6 is 0 Å². The fourth-order valence-corrected chi connectivity index (χ4v) is 0.227. The molecular formula is C2H2O5. The van der Waals surface area contributed by atoms with E-state index in [1.165, 1.54) is 0 Å². The fraction of sp³-hybridized carbons (Fsp3) is 1.00. The fourth-order valence-electron chi connectivity index (χ4n) is 0.227. The second-order valence-corrected chi connectivity index (χ2v) is 1.10. The van der Waals surface area contributed by atoms with E-state index >= 15 is 0 Å². The summed E-state index contributed by atoms with van der Waals surface area (Å²) in [5.41, 5.74) is 0. The Morgan fingerprint density at radius 3 is 1.57 bits per heavy atom. The third kappa shape index (κ3) is 0.872. The highest BCUT2D eigenvalue weighted by Crippen LogP contribution is 2.22. The van der Waals surface area contributed by atoms with Crippen LogP contribution in [0.15, 0.2) is 0 Å². The number of hydrogen-bond acceptors (Lipinski definition) is 5. The van der Waals surface area contributed by atoms with Gasteiger partial charge in [0.25, 0.3) is 0 Å². The molecule has 0 aliphatic carbocycles. The molecule has 40 valence electrons. The Balaban J connectivity index is 1.69. The lowest BCUT2D eigenvalue weighted by Gasteiger charge is -1.77. The maximum absolute atomic E-state index is 4.58. The van der Waals surface area contributed by atoms with Crippen LogP contribution in [0.5, 0.6) is 0 Å². The normalized spacial score (nSPS) is 30.9. The van der Waals surface area contributed by atoms with Crippen LogP contribution in [0.3, 0.4) is 0 Å². The van der Waals surface area contributed by atoms with Gasteiger partial charge in [-0.3, -0.25) is 4.74 Å². The lowest BCUT2D eigenvalue weighted by atomic mass is 11.2. The molecule has 2 aliphatic heterocycles. The van der Waals surface area contributed by atoms with Crippen LogP contribution in [0.1, 0.15) is 0 Å². The van der Waals surface area contributed by atoms with E-state index in [9.17, 15) is 0 Å². The summed E-state index contributed by atoms with van der Waals surface area (Å²) >= 11 is 0. The Kier molecular flexibility index (Phi) is 0.615. The first kappa shape index (κ1) is 3.76. The van der Waals surface area contributed by atoms with Crippen molar-refractivity contribution < 1.29 is 24.3 Å². The number of ether oxygens (including phenoxy) is 1. The highest BCUT2D eigenvalue weighted by molar-refractivity contribution is 4.28. The minimum absolute atomic E-state index is 0.563. The average molecular weight is 106 g/mol. The smallest absolute Gasteiger partial charge is 0.267 e. The van der Waals surface area contributed by atoms with Gasteiger partial charge in [0.2, 0.25) is 0 Å². The van der Waals surface area contributed by atoms with Crippen LogP contribution in [0.2, 0.25) is 0 Å². The van der Waals surface area contributed by atoms with Gasteiger partial charge in [0, 0.05) is 0 Å². The van der Waals surface area contributed by atoms with Gasteiger partial charge in [-0.05, 0) is 0 Å². The second kappa shape index (κ2) is 1.15. The summed E-state index contributed by atoms with van der Waals surface area (Å²) in [6.45, 7) is -1.13. The van der Waals surface area contributed by atoms with E-state index in [1.54, 1.807) is 0 Å². The summed E-state index contributed by atoms with van der Waals surface area (Å²) in [5.74, 6) is 0. The lowest BCUT2D eigenvalue weighted by molar-refractivity contribution is -0.0218. The summed E-state index contributed by atoms with van der Waals surface area (Å²) in [6.07, 6.45) is 0. The zero-order chi connectivity index (χ0) is 4.69. The van der Waals surface area contributed by atoms with Gasteiger partial charge in [-0.2, -0.15) is 19.6 Å². The molecule has 2 rings (SSSR count). The summed E-state index contributed by atoms with van der Waals surface area (Å²) in [7, 11) is 0. The van der Waals surface area contributed by atoms with Crippen molar-refractivity contribution in [3.05, 3.63) is 0 Å². The molecule has 0 unspecified atom stereocenters. The van der Waals surface area contributed by atoms with Gasteiger partial charge in [0.1, 0.15) is 0 Å². The molecule has 5 heteroatoms. The molecule has 7 heavy (non-hydrogen) atoms. The topological polar surface area (TPSA) is 59.4 Å². The van der Waals surface area contributed by atoms with Crippen molar-refractivity contribution in [3.63, 3.8) is 0 Å². The average Bonchev–Trinajstić information content (AvgIpc) is 2.33. The first-order valence-electron chi connectivity index (χ1n) is 1.75. The zero-order valence-corrected chi connectivity index (χ0v) is 3.20. The summed E-state index contributed by atoms with van der Waals surface area (Å²) < 4.78 is 4.58. The van der Waals surface area contributed by atoms with Crippen molar-refractivity contribution in [3.8, 4) is 0 Å². The molecule has 5 nitrogen and oxygen atoms in total. The third-order valence-electron chi connectivity index (χ3n) is 0.572. The zero-order valence-electron chi connectivity index (χ0n) is 3.20. The van der Waals surface area contributed by atoms with E-state index in [1.807, 2.05) is 0 Å². The van der Waals surface area contributed by atoms with Crippen LogP contribution in [-0.2, 0) is 24.3 Å². The van der Waals surface area contributed by atoms with Gasteiger partial charge in [-0.25, -0.2) is 0 Å². The molecule has 0 aromatic rings. The van der Waals surface area contributed by atoms with Crippen molar-refractivity contribution in [1.29, 1.82) is 0 Å².